The van der Waals surface area contributed by atoms with E-state index in [0.717, 1.165) is 8.04 Å². The number of Topliss-reactive ketones (excluding diaryl/α,β-unsaturated/α-hetero) is 1. The Morgan fingerprint density at radius 1 is 1.57 bits per heavy atom. The Hall–Kier alpha value is 0.380. The van der Waals surface area contributed by atoms with Crippen molar-refractivity contribution in [1.29, 1.82) is 0 Å². The molecule has 0 bridgehead atoms. The smallest absolute Gasteiger partial charge is 0.177 e. The van der Waals surface area contributed by atoms with Crippen LogP contribution in [0.3, 0.4) is 0 Å². The fraction of sp³-hybridized carbons (Fsp3) is 0.222. The lowest BCUT2D eigenvalue weighted by molar-refractivity contribution is 0.102. The Balaban J connectivity index is 3.31. The Bertz CT molecular complexity index is 366. The second-order valence-electron chi connectivity index (χ2n) is 2.50. The molecule has 0 atom stereocenters. The van der Waals surface area contributed by atoms with E-state index in [0.29, 0.717) is 16.6 Å². The highest BCUT2D eigenvalue weighted by Gasteiger charge is 2.15. The molecule has 0 saturated carbocycles. The fourth-order valence-corrected chi connectivity index (χ4v) is 2.33. The summed E-state index contributed by atoms with van der Waals surface area (Å²) in [6.45, 7) is 0. The van der Waals surface area contributed by atoms with Gasteiger partial charge in [0.15, 0.2) is 5.78 Å². The third-order valence-corrected chi connectivity index (χ3v) is 4.66. The van der Waals surface area contributed by atoms with Crippen molar-refractivity contribution in [2.45, 2.75) is 0 Å². The van der Waals surface area contributed by atoms with Gasteiger partial charge in [0, 0.05) is 4.47 Å². The Morgan fingerprint density at radius 2 is 2.21 bits per heavy atom. The molecule has 5 heteroatoms. The van der Waals surface area contributed by atoms with Gasteiger partial charge < -0.3 is 4.74 Å². The van der Waals surface area contributed by atoms with Crippen LogP contribution in [-0.4, -0.2) is 18.2 Å². The maximum absolute atomic E-state index is 11.5. The third kappa shape index (κ3) is 2.49. The molecule has 0 aromatic heterocycles. The summed E-state index contributed by atoms with van der Waals surface area (Å²) in [6, 6.07) is 3.61. The topological polar surface area (TPSA) is 26.3 Å². The number of carbonyl (C=O) groups is 1. The maximum Gasteiger partial charge on any atom is 0.177 e. The lowest BCUT2D eigenvalue weighted by atomic mass is 10.1. The first-order valence-corrected chi connectivity index (χ1v) is 6.72. The average molecular weight is 434 g/mol. The summed E-state index contributed by atoms with van der Waals surface area (Å²) in [7, 11) is 1.56. The van der Waals surface area contributed by atoms with Crippen LogP contribution in [0.1, 0.15) is 10.4 Å². The zero-order chi connectivity index (χ0) is 10.7. The molecule has 0 fully saturated rings. The summed E-state index contributed by atoms with van der Waals surface area (Å²) >= 11 is 8.66. The number of ketones is 1. The molecule has 0 aliphatic carbocycles. The molecule has 76 valence electrons. The SMILES string of the molecule is COc1c(C(=O)CBr)ccc(Br)c1I. The zero-order valence-electron chi connectivity index (χ0n) is 7.31. The van der Waals surface area contributed by atoms with Crippen molar-refractivity contribution >= 4 is 60.2 Å². The number of methoxy groups -OCH3 is 1. The molecule has 0 N–H and O–H groups in total. The standard InChI is InChI=1S/C9H7Br2IO2/c1-14-9-5(7(13)4-10)2-3-6(11)8(9)12/h2-3H,4H2,1H3. The first-order valence-electron chi connectivity index (χ1n) is 3.73. The number of ether oxygens (including phenoxy) is 1. The minimum Gasteiger partial charge on any atom is -0.495 e. The molecule has 0 amide bonds. The highest BCUT2D eigenvalue weighted by atomic mass is 127. The Morgan fingerprint density at radius 3 is 2.71 bits per heavy atom. The fourth-order valence-electron chi connectivity index (χ4n) is 1.02. The molecule has 0 radical (unpaired) electrons. The number of alkyl halides is 1. The number of hydrogen-bond donors (Lipinski definition) is 0. The van der Waals surface area contributed by atoms with Crippen molar-refractivity contribution in [2.75, 3.05) is 12.4 Å². The number of carbonyl (C=O) groups excluding carboxylic acids is 1. The van der Waals surface area contributed by atoms with E-state index in [2.05, 4.69) is 54.5 Å². The number of benzene rings is 1. The summed E-state index contributed by atoms with van der Waals surface area (Å²) in [5.41, 5.74) is 0.608. The highest BCUT2D eigenvalue weighted by Crippen LogP contribution is 2.32. The van der Waals surface area contributed by atoms with E-state index in [4.69, 9.17) is 4.74 Å². The molecule has 0 aliphatic heterocycles. The van der Waals surface area contributed by atoms with E-state index in [1.807, 2.05) is 6.07 Å². The van der Waals surface area contributed by atoms with E-state index in [1.54, 1.807) is 13.2 Å². The van der Waals surface area contributed by atoms with Crippen molar-refractivity contribution < 1.29 is 9.53 Å². The minimum atomic E-state index is 0.0206. The number of halogens is 3. The minimum absolute atomic E-state index is 0.0206. The second-order valence-corrected chi connectivity index (χ2v) is 4.99. The summed E-state index contributed by atoms with van der Waals surface area (Å²) in [5.74, 6) is 0.650. The van der Waals surface area contributed by atoms with Crippen LogP contribution in [0, 0.1) is 3.57 Å². The summed E-state index contributed by atoms with van der Waals surface area (Å²) in [5, 5.41) is 0.307. The molecular weight excluding hydrogens is 427 g/mol. The molecular formula is C9H7Br2IO2. The summed E-state index contributed by atoms with van der Waals surface area (Å²) in [6.07, 6.45) is 0. The van der Waals surface area contributed by atoms with Crippen LogP contribution in [0.4, 0.5) is 0 Å². The van der Waals surface area contributed by atoms with Crippen molar-refractivity contribution in [3.05, 3.63) is 25.7 Å². The normalized spacial score (nSPS) is 10.0. The van der Waals surface area contributed by atoms with Gasteiger partial charge in [0.1, 0.15) is 5.75 Å². The van der Waals surface area contributed by atoms with Gasteiger partial charge in [-0.1, -0.05) is 15.9 Å². The van der Waals surface area contributed by atoms with Gasteiger partial charge in [-0.3, -0.25) is 4.79 Å². The molecule has 0 saturated heterocycles. The van der Waals surface area contributed by atoms with Gasteiger partial charge in [0.2, 0.25) is 0 Å². The lowest BCUT2D eigenvalue weighted by Crippen LogP contribution is -2.04. The molecule has 0 unspecified atom stereocenters. The second kappa shape index (κ2) is 5.46. The monoisotopic (exact) mass is 432 g/mol. The Kier molecular flexibility index (Phi) is 4.86. The highest BCUT2D eigenvalue weighted by molar-refractivity contribution is 14.1. The van der Waals surface area contributed by atoms with E-state index in [9.17, 15) is 4.79 Å². The molecule has 0 aliphatic rings. The van der Waals surface area contributed by atoms with Gasteiger partial charge >= 0.3 is 0 Å². The number of hydrogen-bond acceptors (Lipinski definition) is 2. The zero-order valence-corrected chi connectivity index (χ0v) is 12.6. The third-order valence-electron chi connectivity index (χ3n) is 1.68. The summed E-state index contributed by atoms with van der Waals surface area (Å²) in [4.78, 5) is 11.5. The molecule has 1 aromatic rings. The Labute approximate surface area is 113 Å². The van der Waals surface area contributed by atoms with Crippen LogP contribution in [0.2, 0.25) is 0 Å². The molecule has 1 aromatic carbocycles. The van der Waals surface area contributed by atoms with Crippen molar-refractivity contribution in [2.24, 2.45) is 0 Å². The van der Waals surface area contributed by atoms with Crippen molar-refractivity contribution in [3.8, 4) is 5.75 Å². The van der Waals surface area contributed by atoms with E-state index < -0.39 is 0 Å². The van der Waals surface area contributed by atoms with Gasteiger partial charge in [-0.2, -0.15) is 0 Å². The van der Waals surface area contributed by atoms with Gasteiger partial charge in [-0.15, -0.1) is 0 Å². The molecule has 0 spiro atoms. The van der Waals surface area contributed by atoms with Gasteiger partial charge in [-0.05, 0) is 50.7 Å². The van der Waals surface area contributed by atoms with E-state index in [1.165, 1.54) is 0 Å². The van der Waals surface area contributed by atoms with Crippen molar-refractivity contribution in [1.82, 2.24) is 0 Å². The van der Waals surface area contributed by atoms with Crippen LogP contribution in [0.25, 0.3) is 0 Å². The van der Waals surface area contributed by atoms with Crippen LogP contribution >= 0.6 is 54.5 Å². The predicted molar refractivity (Wildman–Crippen MR) is 71.5 cm³/mol. The van der Waals surface area contributed by atoms with E-state index in [-0.39, 0.29) is 5.78 Å². The van der Waals surface area contributed by atoms with Crippen molar-refractivity contribution in [3.63, 3.8) is 0 Å². The van der Waals surface area contributed by atoms with Gasteiger partial charge in [0.05, 0.1) is 21.6 Å². The first kappa shape index (κ1) is 12.4. The van der Waals surface area contributed by atoms with Gasteiger partial charge in [0.25, 0.3) is 0 Å². The van der Waals surface area contributed by atoms with Gasteiger partial charge in [-0.25, -0.2) is 0 Å². The first-order chi connectivity index (χ1) is 6.61. The average Bonchev–Trinajstić information content (AvgIpc) is 2.20. The number of rotatable bonds is 3. The largest absolute Gasteiger partial charge is 0.495 e. The predicted octanol–water partition coefficient (Wildman–Crippen LogP) is 3.64. The quantitative estimate of drug-likeness (QED) is 0.413. The van der Waals surface area contributed by atoms with Crippen LogP contribution in [-0.2, 0) is 0 Å². The van der Waals surface area contributed by atoms with Crippen LogP contribution < -0.4 is 4.74 Å². The summed E-state index contributed by atoms with van der Waals surface area (Å²) < 4.78 is 7.05. The maximum atomic E-state index is 11.5. The molecule has 14 heavy (non-hydrogen) atoms. The van der Waals surface area contributed by atoms with E-state index >= 15 is 0 Å². The molecule has 1 rings (SSSR count). The van der Waals surface area contributed by atoms with Crippen LogP contribution in [0.15, 0.2) is 16.6 Å². The lowest BCUT2D eigenvalue weighted by Gasteiger charge is -2.09. The molecule has 2 nitrogen and oxygen atoms in total. The molecule has 0 heterocycles. The van der Waals surface area contributed by atoms with Crippen LogP contribution in [0.5, 0.6) is 5.75 Å².